The predicted molar refractivity (Wildman–Crippen MR) is 150 cm³/mol. The van der Waals surface area contributed by atoms with Crippen LogP contribution in [0.5, 0.6) is 17.2 Å². The molecule has 0 unspecified atom stereocenters. The quantitative estimate of drug-likeness (QED) is 0.220. The summed E-state index contributed by atoms with van der Waals surface area (Å²) in [6.45, 7) is 5.30. The molecule has 0 N–H and O–H groups in total. The van der Waals surface area contributed by atoms with Gasteiger partial charge in [0.15, 0.2) is 16.6 Å². The van der Waals surface area contributed by atoms with Gasteiger partial charge in [0.05, 0.1) is 23.4 Å². The SMILES string of the molecule is CCOc1ccc(N2C(=O)/C(=C/c3cc(Br)c(OCc4ccccc4)c(OCC)c3)N(C)C2=S)cc1. The molecule has 1 heterocycles. The van der Waals surface area contributed by atoms with Gasteiger partial charge in [0.1, 0.15) is 18.1 Å². The molecule has 0 radical (unpaired) electrons. The number of hydrogen-bond donors (Lipinski definition) is 0. The number of carbonyl (C=O) groups is 1. The summed E-state index contributed by atoms with van der Waals surface area (Å²) in [5, 5.41) is 0.405. The Hall–Kier alpha value is -3.36. The Morgan fingerprint density at radius 3 is 2.31 bits per heavy atom. The summed E-state index contributed by atoms with van der Waals surface area (Å²) in [7, 11) is 1.79. The van der Waals surface area contributed by atoms with E-state index in [4.69, 9.17) is 26.4 Å². The van der Waals surface area contributed by atoms with E-state index in [1.807, 2.05) is 80.6 Å². The molecule has 1 amide bonds. The van der Waals surface area contributed by atoms with Crippen LogP contribution in [-0.2, 0) is 11.4 Å². The number of hydrogen-bond acceptors (Lipinski definition) is 5. The highest BCUT2D eigenvalue weighted by atomic mass is 79.9. The molecule has 8 heteroatoms. The van der Waals surface area contributed by atoms with E-state index in [2.05, 4.69) is 15.9 Å². The zero-order valence-corrected chi connectivity index (χ0v) is 22.8. The van der Waals surface area contributed by atoms with Crippen LogP contribution < -0.4 is 19.1 Å². The highest BCUT2D eigenvalue weighted by Crippen LogP contribution is 2.39. The largest absolute Gasteiger partial charge is 0.494 e. The summed E-state index contributed by atoms with van der Waals surface area (Å²) in [4.78, 5) is 16.6. The number of amides is 1. The standard InChI is InChI=1S/C28H27BrN2O4S/c1-4-33-22-13-11-21(12-14-22)31-27(32)24(30(3)28(31)36)16-20-15-23(29)26(25(17-20)34-5-2)35-18-19-9-7-6-8-10-19/h6-17H,4-5,18H2,1-3H3/b24-16-. The van der Waals surface area contributed by atoms with Crippen LogP contribution in [0.4, 0.5) is 5.69 Å². The molecule has 1 aliphatic heterocycles. The second kappa shape index (κ2) is 11.6. The first kappa shape index (κ1) is 25.7. The highest BCUT2D eigenvalue weighted by Gasteiger charge is 2.36. The van der Waals surface area contributed by atoms with E-state index in [1.54, 1.807) is 18.0 Å². The maximum absolute atomic E-state index is 13.4. The minimum atomic E-state index is -0.204. The van der Waals surface area contributed by atoms with Crippen LogP contribution in [0.3, 0.4) is 0 Å². The summed E-state index contributed by atoms with van der Waals surface area (Å²) >= 11 is 9.22. The van der Waals surface area contributed by atoms with E-state index in [1.165, 1.54) is 4.90 Å². The maximum atomic E-state index is 13.4. The molecule has 0 spiro atoms. The average Bonchev–Trinajstić information content (AvgIpc) is 3.08. The van der Waals surface area contributed by atoms with Crippen molar-refractivity contribution < 1.29 is 19.0 Å². The van der Waals surface area contributed by atoms with Crippen LogP contribution in [0.15, 0.2) is 76.9 Å². The molecule has 4 rings (SSSR count). The molecule has 0 bridgehead atoms. The minimum Gasteiger partial charge on any atom is -0.494 e. The van der Waals surface area contributed by atoms with Crippen LogP contribution in [0.2, 0.25) is 0 Å². The van der Waals surface area contributed by atoms with Crippen LogP contribution in [-0.4, -0.2) is 36.2 Å². The number of ether oxygens (including phenoxy) is 3. The Morgan fingerprint density at radius 1 is 0.944 bits per heavy atom. The number of anilines is 1. The maximum Gasteiger partial charge on any atom is 0.281 e. The van der Waals surface area contributed by atoms with Gasteiger partial charge in [-0.3, -0.25) is 9.69 Å². The van der Waals surface area contributed by atoms with Gasteiger partial charge in [-0.1, -0.05) is 30.3 Å². The Kier molecular flexibility index (Phi) is 8.28. The number of halogens is 1. The van der Waals surface area contributed by atoms with Crippen molar-refractivity contribution in [1.29, 1.82) is 0 Å². The smallest absolute Gasteiger partial charge is 0.281 e. The van der Waals surface area contributed by atoms with Crippen molar-refractivity contribution in [3.63, 3.8) is 0 Å². The molecule has 0 atom stereocenters. The van der Waals surface area contributed by atoms with Crippen molar-refractivity contribution in [2.45, 2.75) is 20.5 Å². The first-order valence-corrected chi connectivity index (χ1v) is 12.8. The molecule has 0 aromatic heterocycles. The third-order valence-corrected chi connectivity index (χ3v) is 6.57. The Labute approximate surface area is 225 Å². The number of nitrogens with zero attached hydrogens (tertiary/aromatic N) is 2. The van der Waals surface area contributed by atoms with Gasteiger partial charge < -0.3 is 19.1 Å². The highest BCUT2D eigenvalue weighted by molar-refractivity contribution is 9.10. The van der Waals surface area contributed by atoms with Gasteiger partial charge in [-0.05, 0) is 95.6 Å². The van der Waals surface area contributed by atoms with E-state index >= 15 is 0 Å². The van der Waals surface area contributed by atoms with Gasteiger partial charge in [0.25, 0.3) is 5.91 Å². The van der Waals surface area contributed by atoms with Crippen LogP contribution in [0.1, 0.15) is 25.0 Å². The lowest BCUT2D eigenvalue weighted by molar-refractivity contribution is -0.114. The van der Waals surface area contributed by atoms with Gasteiger partial charge in [-0.2, -0.15) is 0 Å². The van der Waals surface area contributed by atoms with Gasteiger partial charge >= 0.3 is 0 Å². The summed E-state index contributed by atoms with van der Waals surface area (Å²) in [6, 6.07) is 21.0. The van der Waals surface area contributed by atoms with Crippen LogP contribution in [0.25, 0.3) is 6.08 Å². The molecule has 6 nitrogen and oxygen atoms in total. The van der Waals surface area contributed by atoms with Crippen LogP contribution in [0, 0.1) is 0 Å². The normalized spacial score (nSPS) is 14.5. The summed E-state index contributed by atoms with van der Waals surface area (Å²) in [6.07, 6.45) is 1.80. The molecule has 1 saturated heterocycles. The second-order valence-corrected chi connectivity index (χ2v) is 9.20. The van der Waals surface area contributed by atoms with Gasteiger partial charge in [0, 0.05) is 7.05 Å². The second-order valence-electron chi connectivity index (χ2n) is 7.98. The van der Waals surface area contributed by atoms with Gasteiger partial charge in [-0.25, -0.2) is 0 Å². The third-order valence-electron chi connectivity index (χ3n) is 5.53. The van der Waals surface area contributed by atoms with Crippen molar-refractivity contribution in [3.05, 3.63) is 88.0 Å². The lowest BCUT2D eigenvalue weighted by atomic mass is 10.1. The Morgan fingerprint density at radius 2 is 1.64 bits per heavy atom. The fraction of sp³-hybridized carbons (Fsp3) is 0.214. The molecular weight excluding hydrogens is 540 g/mol. The Balaban J connectivity index is 1.61. The minimum absolute atomic E-state index is 0.204. The number of carbonyl (C=O) groups excluding carboxylic acids is 1. The van der Waals surface area contributed by atoms with Crippen molar-refractivity contribution in [2.75, 3.05) is 25.2 Å². The number of rotatable bonds is 9. The molecule has 186 valence electrons. The molecular formula is C28H27BrN2O4S. The summed E-state index contributed by atoms with van der Waals surface area (Å²) in [5.74, 6) is 1.74. The van der Waals surface area contributed by atoms with Crippen molar-refractivity contribution in [1.82, 2.24) is 4.90 Å². The molecule has 1 fully saturated rings. The van der Waals surface area contributed by atoms with Crippen molar-refractivity contribution in [2.24, 2.45) is 0 Å². The zero-order valence-electron chi connectivity index (χ0n) is 20.4. The van der Waals surface area contributed by atoms with E-state index in [9.17, 15) is 4.79 Å². The lowest BCUT2D eigenvalue weighted by Crippen LogP contribution is -2.31. The molecule has 3 aromatic carbocycles. The first-order chi connectivity index (χ1) is 17.4. The topological polar surface area (TPSA) is 51.2 Å². The fourth-order valence-corrected chi connectivity index (χ4v) is 4.67. The average molecular weight is 568 g/mol. The fourth-order valence-electron chi connectivity index (χ4n) is 3.80. The first-order valence-electron chi connectivity index (χ1n) is 11.6. The number of likely N-dealkylation sites (N-methyl/N-ethyl adjacent to an activating group) is 1. The zero-order chi connectivity index (χ0) is 25.7. The van der Waals surface area contributed by atoms with E-state index in [0.717, 1.165) is 21.3 Å². The molecule has 36 heavy (non-hydrogen) atoms. The third kappa shape index (κ3) is 5.55. The lowest BCUT2D eigenvalue weighted by Gasteiger charge is -2.17. The molecule has 0 saturated carbocycles. The number of benzene rings is 3. The number of thiocarbonyl (C=S) groups is 1. The molecule has 1 aliphatic rings. The summed E-state index contributed by atoms with van der Waals surface area (Å²) in [5.41, 5.74) is 2.98. The molecule has 3 aromatic rings. The van der Waals surface area contributed by atoms with Crippen LogP contribution >= 0.6 is 28.1 Å². The monoisotopic (exact) mass is 566 g/mol. The predicted octanol–water partition coefficient (Wildman–Crippen LogP) is 6.43. The van der Waals surface area contributed by atoms with Crippen molar-refractivity contribution >= 4 is 50.9 Å². The molecule has 0 aliphatic carbocycles. The van der Waals surface area contributed by atoms with E-state index in [0.29, 0.717) is 47.8 Å². The van der Waals surface area contributed by atoms with Gasteiger partial charge in [-0.15, -0.1) is 0 Å². The van der Waals surface area contributed by atoms with E-state index < -0.39 is 0 Å². The summed E-state index contributed by atoms with van der Waals surface area (Å²) < 4.78 is 18.2. The van der Waals surface area contributed by atoms with Gasteiger partial charge in [0.2, 0.25) is 0 Å². The Bertz CT molecular complexity index is 1280. The van der Waals surface area contributed by atoms with E-state index in [-0.39, 0.29) is 5.91 Å². The van der Waals surface area contributed by atoms with Crippen molar-refractivity contribution in [3.8, 4) is 17.2 Å².